The van der Waals surface area contributed by atoms with Crippen molar-refractivity contribution in [3.8, 4) is 0 Å². The molecule has 0 aliphatic carbocycles. The SMILES string of the molecule is Cc1[nH]cnc1CNCCc1c(C)[nH]c2ccc(NC(=O)c3ccc(F)cc3)cc12. The number of hydrogen-bond donors (Lipinski definition) is 4. The summed E-state index contributed by atoms with van der Waals surface area (Å²) >= 11 is 0. The number of halogens is 1. The Labute approximate surface area is 173 Å². The molecule has 2 aromatic heterocycles. The van der Waals surface area contributed by atoms with E-state index in [1.54, 1.807) is 6.33 Å². The number of H-pyrrole nitrogens is 2. The lowest BCUT2D eigenvalue weighted by Gasteiger charge is -2.07. The van der Waals surface area contributed by atoms with Crippen LogP contribution in [0.15, 0.2) is 48.8 Å². The highest BCUT2D eigenvalue weighted by atomic mass is 19.1. The average molecular weight is 405 g/mol. The normalized spacial score (nSPS) is 11.2. The molecule has 0 radical (unpaired) electrons. The van der Waals surface area contributed by atoms with Gasteiger partial charge in [0.15, 0.2) is 0 Å². The Morgan fingerprint density at radius 1 is 1.10 bits per heavy atom. The minimum Gasteiger partial charge on any atom is -0.358 e. The summed E-state index contributed by atoms with van der Waals surface area (Å²) in [6, 6.07) is 11.3. The van der Waals surface area contributed by atoms with Gasteiger partial charge < -0.3 is 20.6 Å². The molecule has 4 N–H and O–H groups in total. The maximum Gasteiger partial charge on any atom is 0.255 e. The number of carbonyl (C=O) groups is 1. The van der Waals surface area contributed by atoms with Gasteiger partial charge in [-0.15, -0.1) is 0 Å². The lowest BCUT2D eigenvalue weighted by molar-refractivity contribution is 0.102. The van der Waals surface area contributed by atoms with E-state index >= 15 is 0 Å². The van der Waals surface area contributed by atoms with Crippen LogP contribution in [0.1, 0.15) is 33.0 Å². The van der Waals surface area contributed by atoms with Gasteiger partial charge in [-0.25, -0.2) is 9.37 Å². The average Bonchev–Trinajstić information content (AvgIpc) is 3.28. The molecular weight excluding hydrogens is 381 g/mol. The predicted octanol–water partition coefficient (Wildman–Crippen LogP) is 4.23. The van der Waals surface area contributed by atoms with Crippen LogP contribution in [0.25, 0.3) is 10.9 Å². The van der Waals surface area contributed by atoms with Crippen molar-refractivity contribution in [2.75, 3.05) is 11.9 Å². The van der Waals surface area contributed by atoms with E-state index < -0.39 is 0 Å². The van der Waals surface area contributed by atoms with Crippen molar-refractivity contribution in [3.05, 3.63) is 82.8 Å². The van der Waals surface area contributed by atoms with Gasteiger partial charge in [0.05, 0.1) is 12.0 Å². The van der Waals surface area contributed by atoms with Crippen LogP contribution in [0.4, 0.5) is 10.1 Å². The van der Waals surface area contributed by atoms with Gasteiger partial charge in [0.1, 0.15) is 5.82 Å². The fourth-order valence-corrected chi connectivity index (χ4v) is 3.57. The van der Waals surface area contributed by atoms with E-state index in [9.17, 15) is 9.18 Å². The number of rotatable bonds is 7. The first-order chi connectivity index (χ1) is 14.5. The van der Waals surface area contributed by atoms with Gasteiger partial charge in [-0.05, 0) is 74.8 Å². The molecular formula is C23H24FN5O. The molecule has 0 fully saturated rings. The standard InChI is InChI=1S/C23H24FN5O/c1-14-19(9-10-25-12-22-15(2)26-13-27-22)20-11-18(7-8-21(20)28-14)29-23(30)16-3-5-17(24)6-4-16/h3-8,11,13,25,28H,9-10,12H2,1-2H3,(H,26,27)(H,29,30). The van der Waals surface area contributed by atoms with Crippen molar-refractivity contribution < 1.29 is 9.18 Å². The van der Waals surface area contributed by atoms with Crippen LogP contribution in [0, 0.1) is 19.7 Å². The van der Waals surface area contributed by atoms with Crippen LogP contribution in [-0.2, 0) is 13.0 Å². The van der Waals surface area contributed by atoms with Gasteiger partial charge in [-0.2, -0.15) is 0 Å². The molecule has 0 unspecified atom stereocenters. The summed E-state index contributed by atoms with van der Waals surface area (Å²) in [5.41, 5.74) is 6.59. The van der Waals surface area contributed by atoms with Gasteiger partial charge in [0.2, 0.25) is 0 Å². The first-order valence-electron chi connectivity index (χ1n) is 9.89. The summed E-state index contributed by atoms with van der Waals surface area (Å²) < 4.78 is 13.1. The van der Waals surface area contributed by atoms with Crippen LogP contribution in [0.3, 0.4) is 0 Å². The van der Waals surface area contributed by atoms with Gasteiger partial charge in [-0.3, -0.25) is 4.79 Å². The van der Waals surface area contributed by atoms with E-state index in [2.05, 4.69) is 32.5 Å². The number of benzene rings is 2. The molecule has 2 heterocycles. The molecule has 30 heavy (non-hydrogen) atoms. The molecule has 0 spiro atoms. The Balaban J connectivity index is 1.45. The molecule has 6 nitrogen and oxygen atoms in total. The Morgan fingerprint density at radius 3 is 2.63 bits per heavy atom. The molecule has 0 saturated heterocycles. The zero-order chi connectivity index (χ0) is 21.1. The molecule has 0 aliphatic rings. The van der Waals surface area contributed by atoms with E-state index in [0.29, 0.717) is 11.3 Å². The number of nitrogens with one attached hydrogen (secondary N) is 4. The van der Waals surface area contributed by atoms with Crippen molar-refractivity contribution in [2.24, 2.45) is 0 Å². The molecule has 4 rings (SSSR count). The van der Waals surface area contributed by atoms with Crippen molar-refractivity contribution in [3.63, 3.8) is 0 Å². The highest BCUT2D eigenvalue weighted by molar-refractivity contribution is 6.05. The summed E-state index contributed by atoms with van der Waals surface area (Å²) in [5, 5.41) is 7.42. The number of aryl methyl sites for hydroxylation is 2. The first kappa shape index (κ1) is 19.8. The minimum absolute atomic E-state index is 0.265. The lowest BCUT2D eigenvalue weighted by Crippen LogP contribution is -2.17. The molecule has 0 atom stereocenters. The second kappa shape index (κ2) is 8.51. The third kappa shape index (κ3) is 4.26. The third-order valence-corrected chi connectivity index (χ3v) is 5.26. The zero-order valence-electron chi connectivity index (χ0n) is 17.0. The topological polar surface area (TPSA) is 85.6 Å². The second-order valence-electron chi connectivity index (χ2n) is 7.35. The number of imidazole rings is 1. The summed E-state index contributed by atoms with van der Waals surface area (Å²) in [5.74, 6) is -0.629. The van der Waals surface area contributed by atoms with E-state index in [0.717, 1.165) is 47.5 Å². The number of hydrogen-bond acceptors (Lipinski definition) is 3. The number of aromatic nitrogens is 3. The number of anilines is 1. The number of carbonyl (C=O) groups excluding carboxylic acids is 1. The molecule has 0 aliphatic heterocycles. The van der Waals surface area contributed by atoms with Crippen LogP contribution in [-0.4, -0.2) is 27.4 Å². The van der Waals surface area contributed by atoms with Gasteiger partial charge in [-0.1, -0.05) is 0 Å². The fourth-order valence-electron chi connectivity index (χ4n) is 3.57. The van der Waals surface area contributed by atoms with Crippen LogP contribution >= 0.6 is 0 Å². The quantitative estimate of drug-likeness (QED) is 0.347. The van der Waals surface area contributed by atoms with Crippen molar-refractivity contribution in [1.29, 1.82) is 0 Å². The number of fused-ring (bicyclic) bond motifs is 1. The molecule has 0 bridgehead atoms. The molecule has 7 heteroatoms. The Hall–Kier alpha value is -3.45. The molecule has 0 saturated carbocycles. The number of amides is 1. The Kier molecular flexibility index (Phi) is 5.63. The second-order valence-corrected chi connectivity index (χ2v) is 7.35. The van der Waals surface area contributed by atoms with Gasteiger partial charge >= 0.3 is 0 Å². The summed E-state index contributed by atoms with van der Waals surface area (Å²) in [7, 11) is 0. The third-order valence-electron chi connectivity index (χ3n) is 5.26. The monoisotopic (exact) mass is 405 g/mol. The van der Waals surface area contributed by atoms with E-state index in [1.165, 1.54) is 29.8 Å². The minimum atomic E-state index is -0.364. The van der Waals surface area contributed by atoms with Crippen molar-refractivity contribution >= 4 is 22.5 Å². The van der Waals surface area contributed by atoms with Crippen LogP contribution < -0.4 is 10.6 Å². The van der Waals surface area contributed by atoms with Crippen molar-refractivity contribution in [1.82, 2.24) is 20.3 Å². The number of nitrogens with zero attached hydrogens (tertiary/aromatic N) is 1. The maximum atomic E-state index is 13.1. The smallest absolute Gasteiger partial charge is 0.255 e. The molecule has 2 aromatic carbocycles. The van der Waals surface area contributed by atoms with E-state index in [1.807, 2.05) is 25.1 Å². The Morgan fingerprint density at radius 2 is 1.90 bits per heavy atom. The van der Waals surface area contributed by atoms with Gasteiger partial charge in [0.25, 0.3) is 5.91 Å². The largest absolute Gasteiger partial charge is 0.358 e. The summed E-state index contributed by atoms with van der Waals surface area (Å²) in [6.07, 6.45) is 2.56. The number of aromatic amines is 2. The lowest BCUT2D eigenvalue weighted by atomic mass is 10.1. The zero-order valence-corrected chi connectivity index (χ0v) is 17.0. The maximum absolute atomic E-state index is 13.1. The highest BCUT2D eigenvalue weighted by Gasteiger charge is 2.11. The van der Waals surface area contributed by atoms with E-state index in [4.69, 9.17) is 0 Å². The van der Waals surface area contributed by atoms with Crippen LogP contribution in [0.2, 0.25) is 0 Å². The first-order valence-corrected chi connectivity index (χ1v) is 9.89. The highest BCUT2D eigenvalue weighted by Crippen LogP contribution is 2.26. The summed E-state index contributed by atoms with van der Waals surface area (Å²) in [4.78, 5) is 23.2. The van der Waals surface area contributed by atoms with Gasteiger partial charge in [0, 0.05) is 40.1 Å². The fraction of sp³-hybridized carbons (Fsp3) is 0.217. The molecule has 1 amide bonds. The Bertz CT molecular complexity index is 1180. The van der Waals surface area contributed by atoms with E-state index in [-0.39, 0.29) is 11.7 Å². The van der Waals surface area contributed by atoms with Crippen molar-refractivity contribution in [2.45, 2.75) is 26.8 Å². The molecule has 4 aromatic rings. The van der Waals surface area contributed by atoms with Crippen LogP contribution in [0.5, 0.6) is 0 Å². The summed E-state index contributed by atoms with van der Waals surface area (Å²) in [6.45, 7) is 5.60. The molecule has 154 valence electrons. The predicted molar refractivity (Wildman–Crippen MR) is 116 cm³/mol.